The molecule has 5 heteroatoms. The fraction of sp³-hybridized carbons (Fsp3) is 0.667. The summed E-state index contributed by atoms with van der Waals surface area (Å²) < 4.78 is 39.7. The molecule has 0 radical (unpaired) electrons. The van der Waals surface area contributed by atoms with E-state index in [1.54, 1.807) is 13.0 Å². The van der Waals surface area contributed by atoms with Gasteiger partial charge in [-0.3, -0.25) is 0 Å². The van der Waals surface area contributed by atoms with E-state index in [1.165, 1.54) is 6.08 Å². The van der Waals surface area contributed by atoms with Crippen LogP contribution in [-0.4, -0.2) is 18.5 Å². The molecule has 0 saturated carbocycles. The molecule has 0 saturated heterocycles. The van der Waals surface area contributed by atoms with Crippen LogP contribution in [0.1, 0.15) is 26.7 Å². The standard InChI is InChI=1S/C12H17ClF3N/c1-3-7(2)17-11(12(15)16)8-5-4-6-9(13)10(8)14/h4,6-8,11-12,17H,3,5H2,1-2H3. The first-order valence-electron chi connectivity index (χ1n) is 5.73. The molecule has 3 unspecified atom stereocenters. The highest BCUT2D eigenvalue weighted by Crippen LogP contribution is 2.33. The molecule has 1 aliphatic carbocycles. The third-order valence-corrected chi connectivity index (χ3v) is 3.31. The van der Waals surface area contributed by atoms with Crippen molar-refractivity contribution in [3.8, 4) is 0 Å². The predicted octanol–water partition coefficient (Wildman–Crippen LogP) is 4.00. The Labute approximate surface area is 105 Å². The zero-order valence-electron chi connectivity index (χ0n) is 9.89. The highest BCUT2D eigenvalue weighted by Gasteiger charge is 2.34. The van der Waals surface area contributed by atoms with Crippen LogP contribution in [0.2, 0.25) is 0 Å². The van der Waals surface area contributed by atoms with Gasteiger partial charge in [0.05, 0.1) is 11.1 Å². The van der Waals surface area contributed by atoms with Gasteiger partial charge in [0, 0.05) is 12.0 Å². The van der Waals surface area contributed by atoms with Gasteiger partial charge >= 0.3 is 0 Å². The van der Waals surface area contributed by atoms with Crippen molar-refractivity contribution in [2.75, 3.05) is 0 Å². The number of rotatable bonds is 5. The van der Waals surface area contributed by atoms with Crippen molar-refractivity contribution in [1.82, 2.24) is 5.32 Å². The Morgan fingerprint density at radius 3 is 2.71 bits per heavy atom. The average molecular weight is 268 g/mol. The first-order valence-corrected chi connectivity index (χ1v) is 6.11. The molecule has 0 aromatic heterocycles. The lowest BCUT2D eigenvalue weighted by Crippen LogP contribution is -2.46. The molecule has 1 rings (SSSR count). The minimum atomic E-state index is -2.62. The Morgan fingerprint density at radius 2 is 2.18 bits per heavy atom. The van der Waals surface area contributed by atoms with E-state index in [4.69, 9.17) is 11.6 Å². The van der Waals surface area contributed by atoms with E-state index in [0.29, 0.717) is 6.42 Å². The molecule has 17 heavy (non-hydrogen) atoms. The van der Waals surface area contributed by atoms with Crippen molar-refractivity contribution in [1.29, 1.82) is 0 Å². The van der Waals surface area contributed by atoms with Crippen LogP contribution in [-0.2, 0) is 0 Å². The monoisotopic (exact) mass is 267 g/mol. The zero-order valence-corrected chi connectivity index (χ0v) is 10.6. The maximum atomic E-state index is 13.7. The second-order valence-corrected chi connectivity index (χ2v) is 4.68. The van der Waals surface area contributed by atoms with Gasteiger partial charge in [-0.15, -0.1) is 0 Å². The van der Waals surface area contributed by atoms with E-state index in [0.717, 1.165) is 0 Å². The van der Waals surface area contributed by atoms with Crippen molar-refractivity contribution in [2.24, 2.45) is 5.92 Å². The van der Waals surface area contributed by atoms with Gasteiger partial charge in [-0.25, -0.2) is 13.2 Å². The van der Waals surface area contributed by atoms with E-state index in [2.05, 4.69) is 5.32 Å². The first-order chi connectivity index (χ1) is 7.97. The third kappa shape index (κ3) is 3.75. The maximum Gasteiger partial charge on any atom is 0.254 e. The van der Waals surface area contributed by atoms with Crippen LogP contribution in [0, 0.1) is 5.92 Å². The van der Waals surface area contributed by atoms with Gasteiger partial charge in [-0.1, -0.05) is 24.6 Å². The molecule has 0 aromatic rings. The van der Waals surface area contributed by atoms with Crippen LogP contribution >= 0.6 is 11.6 Å². The number of alkyl halides is 2. The topological polar surface area (TPSA) is 12.0 Å². The van der Waals surface area contributed by atoms with E-state index in [9.17, 15) is 13.2 Å². The molecular formula is C12H17ClF3N. The largest absolute Gasteiger partial charge is 0.306 e. The second-order valence-electron chi connectivity index (χ2n) is 4.28. The SMILES string of the molecule is CCC(C)NC(C(F)F)C1CC=CC(Cl)=C1F. The fourth-order valence-corrected chi connectivity index (χ4v) is 2.02. The number of halogens is 4. The maximum absolute atomic E-state index is 13.7. The predicted molar refractivity (Wildman–Crippen MR) is 63.9 cm³/mol. The average Bonchev–Trinajstić information content (AvgIpc) is 2.29. The Kier molecular flexibility index (Phi) is 5.53. The van der Waals surface area contributed by atoms with E-state index in [-0.39, 0.29) is 17.5 Å². The molecular weight excluding hydrogens is 251 g/mol. The van der Waals surface area contributed by atoms with Gasteiger partial charge in [0.15, 0.2) is 0 Å². The molecule has 3 atom stereocenters. The first kappa shape index (κ1) is 14.6. The summed E-state index contributed by atoms with van der Waals surface area (Å²) in [5.41, 5.74) is 0. The summed E-state index contributed by atoms with van der Waals surface area (Å²) in [4.78, 5) is 0. The molecule has 0 amide bonds. The summed E-state index contributed by atoms with van der Waals surface area (Å²) in [5, 5.41) is 2.70. The lowest BCUT2D eigenvalue weighted by molar-refractivity contribution is 0.0657. The third-order valence-electron chi connectivity index (χ3n) is 3.00. The summed E-state index contributed by atoms with van der Waals surface area (Å²) in [6.45, 7) is 3.69. The van der Waals surface area contributed by atoms with E-state index < -0.39 is 24.2 Å². The molecule has 0 fully saturated rings. The van der Waals surface area contributed by atoms with Crippen molar-refractivity contribution in [2.45, 2.75) is 45.2 Å². The lowest BCUT2D eigenvalue weighted by Gasteiger charge is -2.30. The molecule has 0 aliphatic heterocycles. The minimum Gasteiger partial charge on any atom is -0.306 e. The van der Waals surface area contributed by atoms with Gasteiger partial charge in [0.25, 0.3) is 6.43 Å². The number of allylic oxidation sites excluding steroid dienone is 3. The number of hydrogen-bond donors (Lipinski definition) is 1. The van der Waals surface area contributed by atoms with Gasteiger partial charge in [-0.05, 0) is 25.8 Å². The van der Waals surface area contributed by atoms with Gasteiger partial charge < -0.3 is 5.32 Å². The van der Waals surface area contributed by atoms with Crippen LogP contribution in [0.25, 0.3) is 0 Å². The van der Waals surface area contributed by atoms with Crippen LogP contribution < -0.4 is 5.32 Å². The van der Waals surface area contributed by atoms with Crippen LogP contribution in [0.5, 0.6) is 0 Å². The summed E-state index contributed by atoms with van der Waals surface area (Å²) in [6, 6.07) is -1.27. The quantitative estimate of drug-likeness (QED) is 0.794. The van der Waals surface area contributed by atoms with Gasteiger partial charge in [0.2, 0.25) is 0 Å². The molecule has 0 bridgehead atoms. The normalized spacial score (nSPS) is 24.3. The number of hydrogen-bond acceptors (Lipinski definition) is 1. The Bertz CT molecular complexity index is 315. The van der Waals surface area contributed by atoms with Crippen LogP contribution in [0.3, 0.4) is 0 Å². The fourth-order valence-electron chi connectivity index (χ4n) is 1.79. The summed E-state index contributed by atoms with van der Waals surface area (Å²) in [7, 11) is 0. The molecule has 98 valence electrons. The highest BCUT2D eigenvalue weighted by molar-refractivity contribution is 6.31. The molecule has 0 aromatic carbocycles. The van der Waals surface area contributed by atoms with Crippen molar-refractivity contribution in [3.05, 3.63) is 23.0 Å². The van der Waals surface area contributed by atoms with Crippen molar-refractivity contribution < 1.29 is 13.2 Å². The summed E-state index contributed by atoms with van der Waals surface area (Å²) in [6.07, 6.45) is 1.39. The lowest BCUT2D eigenvalue weighted by atomic mass is 9.91. The van der Waals surface area contributed by atoms with Gasteiger partial charge in [0.1, 0.15) is 5.83 Å². The Morgan fingerprint density at radius 1 is 1.53 bits per heavy atom. The summed E-state index contributed by atoms with van der Waals surface area (Å²) >= 11 is 5.63. The highest BCUT2D eigenvalue weighted by atomic mass is 35.5. The molecule has 0 spiro atoms. The summed E-state index contributed by atoms with van der Waals surface area (Å²) in [5.74, 6) is -1.52. The Hall–Kier alpha value is -0.480. The van der Waals surface area contributed by atoms with E-state index >= 15 is 0 Å². The molecule has 1 N–H and O–H groups in total. The van der Waals surface area contributed by atoms with Gasteiger partial charge in [-0.2, -0.15) is 0 Å². The smallest absolute Gasteiger partial charge is 0.254 e. The Balaban J connectivity index is 2.81. The zero-order chi connectivity index (χ0) is 13.0. The van der Waals surface area contributed by atoms with Crippen molar-refractivity contribution >= 4 is 11.6 Å². The minimum absolute atomic E-state index is 0.0714. The second kappa shape index (κ2) is 6.45. The van der Waals surface area contributed by atoms with Crippen molar-refractivity contribution in [3.63, 3.8) is 0 Å². The van der Waals surface area contributed by atoms with Crippen LogP contribution in [0.4, 0.5) is 13.2 Å². The molecule has 1 nitrogen and oxygen atoms in total. The molecule has 1 aliphatic rings. The van der Waals surface area contributed by atoms with E-state index in [1.807, 2.05) is 6.92 Å². The van der Waals surface area contributed by atoms with Crippen LogP contribution in [0.15, 0.2) is 23.0 Å². The molecule has 0 heterocycles. The number of nitrogens with one attached hydrogen (secondary N) is 1.